The van der Waals surface area contributed by atoms with E-state index in [1.54, 1.807) is 0 Å². The number of hydrogen-bond donors (Lipinski definition) is 0. The summed E-state index contributed by atoms with van der Waals surface area (Å²) in [6, 6.07) is 1.52. The Bertz CT molecular complexity index is 349. The second-order valence-corrected chi connectivity index (χ2v) is 12.5. The van der Waals surface area contributed by atoms with Gasteiger partial charge in [0.25, 0.3) is 0 Å². The molecule has 0 bridgehead atoms. The highest BCUT2D eigenvalue weighted by atomic mass is 28.4. The lowest BCUT2D eigenvalue weighted by molar-refractivity contribution is 0.0122. The van der Waals surface area contributed by atoms with Gasteiger partial charge in [0.2, 0.25) is 0 Å². The SMILES string of the molecule is CCO[Si](CCCOCCOCCOCCC[Si](OCC)(OCC)OCC)(OCC)OCC. The van der Waals surface area contributed by atoms with E-state index in [-0.39, 0.29) is 0 Å². The largest absolute Gasteiger partial charge is 0.501 e. The molecule has 0 radical (unpaired) electrons. The van der Waals surface area contributed by atoms with Crippen molar-refractivity contribution in [1.82, 2.24) is 0 Å². The molecule has 0 aromatic carbocycles. The van der Waals surface area contributed by atoms with Gasteiger partial charge in [0.15, 0.2) is 0 Å². The molecule has 0 aliphatic carbocycles. The van der Waals surface area contributed by atoms with Gasteiger partial charge in [-0.1, -0.05) is 0 Å². The molecule has 0 heterocycles. The van der Waals surface area contributed by atoms with Crippen molar-refractivity contribution in [1.29, 1.82) is 0 Å². The van der Waals surface area contributed by atoms with Gasteiger partial charge < -0.3 is 40.8 Å². The van der Waals surface area contributed by atoms with Crippen molar-refractivity contribution in [3.05, 3.63) is 0 Å². The van der Waals surface area contributed by atoms with Crippen molar-refractivity contribution in [2.45, 2.75) is 66.5 Å². The summed E-state index contributed by atoms with van der Waals surface area (Å²) >= 11 is 0. The lowest BCUT2D eigenvalue weighted by Gasteiger charge is -2.28. The normalized spacial score (nSPS) is 12.5. The first-order chi connectivity index (χ1) is 16.1. The lowest BCUT2D eigenvalue weighted by atomic mass is 10.5. The average Bonchev–Trinajstić information content (AvgIpc) is 2.78. The van der Waals surface area contributed by atoms with E-state index in [0.717, 1.165) is 24.9 Å². The van der Waals surface area contributed by atoms with Crippen LogP contribution in [0.3, 0.4) is 0 Å². The Labute approximate surface area is 204 Å². The average molecular weight is 515 g/mol. The first kappa shape index (κ1) is 33.1. The van der Waals surface area contributed by atoms with Crippen LogP contribution in [0.25, 0.3) is 0 Å². The molecule has 11 heteroatoms. The molecule has 0 spiro atoms. The first-order valence-corrected chi connectivity index (χ1v) is 16.5. The molecule has 0 aliphatic heterocycles. The summed E-state index contributed by atoms with van der Waals surface area (Å²) in [6.07, 6.45) is 1.68. The predicted molar refractivity (Wildman–Crippen MR) is 133 cm³/mol. The summed E-state index contributed by atoms with van der Waals surface area (Å²) in [4.78, 5) is 0. The fraction of sp³-hybridized carbons (Fsp3) is 1.00. The van der Waals surface area contributed by atoms with Gasteiger partial charge in [0, 0.05) is 64.9 Å². The third-order valence-corrected chi connectivity index (χ3v) is 10.8. The molecule has 33 heavy (non-hydrogen) atoms. The van der Waals surface area contributed by atoms with Gasteiger partial charge in [-0.05, 0) is 54.4 Å². The van der Waals surface area contributed by atoms with Crippen LogP contribution in [0.2, 0.25) is 12.1 Å². The minimum Gasteiger partial charge on any atom is -0.379 e. The van der Waals surface area contributed by atoms with Crippen LogP contribution >= 0.6 is 0 Å². The highest BCUT2D eigenvalue weighted by Crippen LogP contribution is 2.19. The number of rotatable bonds is 26. The summed E-state index contributed by atoms with van der Waals surface area (Å²) in [7, 11) is -5.14. The van der Waals surface area contributed by atoms with E-state index in [4.69, 9.17) is 40.8 Å². The fourth-order valence-corrected chi connectivity index (χ4v) is 8.49. The number of hydrogen-bond acceptors (Lipinski definition) is 9. The van der Waals surface area contributed by atoms with Crippen molar-refractivity contribution >= 4 is 17.6 Å². The first-order valence-electron chi connectivity index (χ1n) is 12.6. The van der Waals surface area contributed by atoms with Gasteiger partial charge in [0.1, 0.15) is 0 Å². The molecule has 9 nitrogen and oxygen atoms in total. The maximum Gasteiger partial charge on any atom is 0.501 e. The molecule has 200 valence electrons. The summed E-state index contributed by atoms with van der Waals surface area (Å²) < 4.78 is 52.0. The maximum absolute atomic E-state index is 5.85. The van der Waals surface area contributed by atoms with Crippen LogP contribution in [0.5, 0.6) is 0 Å². The molecule has 0 amide bonds. The molecular weight excluding hydrogens is 464 g/mol. The third-order valence-electron chi connectivity index (χ3n) is 4.47. The summed E-state index contributed by atoms with van der Waals surface area (Å²) in [5.41, 5.74) is 0. The van der Waals surface area contributed by atoms with Crippen molar-refractivity contribution in [3.8, 4) is 0 Å². The van der Waals surface area contributed by atoms with Crippen LogP contribution < -0.4 is 0 Å². The second kappa shape index (κ2) is 22.5. The van der Waals surface area contributed by atoms with Crippen LogP contribution in [0.1, 0.15) is 54.4 Å². The molecule has 0 aromatic rings. The fourth-order valence-electron chi connectivity index (χ4n) is 3.33. The van der Waals surface area contributed by atoms with Crippen molar-refractivity contribution < 1.29 is 40.8 Å². The van der Waals surface area contributed by atoms with Gasteiger partial charge in [-0.2, -0.15) is 0 Å². The van der Waals surface area contributed by atoms with E-state index < -0.39 is 17.6 Å². The van der Waals surface area contributed by atoms with E-state index in [2.05, 4.69) is 0 Å². The molecule has 0 unspecified atom stereocenters. The van der Waals surface area contributed by atoms with Crippen LogP contribution in [-0.4, -0.2) is 96.9 Å². The molecule has 0 N–H and O–H groups in total. The molecule has 0 rings (SSSR count). The minimum atomic E-state index is -2.57. The zero-order chi connectivity index (χ0) is 24.7. The van der Waals surface area contributed by atoms with Crippen LogP contribution in [0.15, 0.2) is 0 Å². The Balaban J connectivity index is 3.79. The van der Waals surface area contributed by atoms with Crippen molar-refractivity contribution in [3.63, 3.8) is 0 Å². The quantitative estimate of drug-likeness (QED) is 0.126. The van der Waals surface area contributed by atoms with E-state index in [1.165, 1.54) is 0 Å². The van der Waals surface area contributed by atoms with E-state index in [9.17, 15) is 0 Å². The molecular formula is C22H50O9Si2. The van der Waals surface area contributed by atoms with E-state index in [0.29, 0.717) is 79.3 Å². The Morgan fingerprint density at radius 1 is 0.364 bits per heavy atom. The van der Waals surface area contributed by atoms with Gasteiger partial charge in [0.05, 0.1) is 26.4 Å². The molecule has 0 atom stereocenters. The second-order valence-electron chi connectivity index (χ2n) is 7.01. The standard InChI is InChI=1S/C22H50O9Si2/c1-7-26-32(27-8-2,28-9-3)21-13-15-23-17-19-25-20-18-24-16-14-22-33(29-10-4,30-11-5)31-12-6/h7-22H2,1-6H3. The highest BCUT2D eigenvalue weighted by Gasteiger charge is 2.40. The molecule has 0 saturated carbocycles. The van der Waals surface area contributed by atoms with Gasteiger partial charge >= 0.3 is 17.6 Å². The summed E-state index contributed by atoms with van der Waals surface area (Å²) in [5, 5.41) is 0. The maximum atomic E-state index is 5.85. The minimum absolute atomic E-state index is 0.545. The zero-order valence-corrected chi connectivity index (χ0v) is 24.0. The van der Waals surface area contributed by atoms with Crippen LogP contribution in [0.4, 0.5) is 0 Å². The Kier molecular flexibility index (Phi) is 22.6. The Morgan fingerprint density at radius 3 is 0.848 bits per heavy atom. The smallest absolute Gasteiger partial charge is 0.379 e. The van der Waals surface area contributed by atoms with E-state index >= 15 is 0 Å². The van der Waals surface area contributed by atoms with Crippen LogP contribution in [0, 0.1) is 0 Å². The lowest BCUT2D eigenvalue weighted by Crippen LogP contribution is -2.46. The Morgan fingerprint density at radius 2 is 0.606 bits per heavy atom. The molecule has 0 saturated heterocycles. The Hall–Kier alpha value is 0.0738. The third kappa shape index (κ3) is 16.4. The molecule has 0 fully saturated rings. The summed E-state index contributed by atoms with van der Waals surface area (Å²) in [5.74, 6) is 0. The van der Waals surface area contributed by atoms with Gasteiger partial charge in [-0.25, -0.2) is 0 Å². The van der Waals surface area contributed by atoms with E-state index in [1.807, 2.05) is 41.5 Å². The van der Waals surface area contributed by atoms with Crippen molar-refractivity contribution in [2.75, 3.05) is 79.3 Å². The predicted octanol–water partition coefficient (Wildman–Crippen LogP) is 3.91. The monoisotopic (exact) mass is 514 g/mol. The molecule has 0 aliphatic rings. The molecule has 0 aromatic heterocycles. The van der Waals surface area contributed by atoms with Crippen molar-refractivity contribution in [2.24, 2.45) is 0 Å². The van der Waals surface area contributed by atoms with Crippen LogP contribution in [-0.2, 0) is 40.8 Å². The number of ether oxygens (including phenoxy) is 3. The van der Waals surface area contributed by atoms with Gasteiger partial charge in [-0.3, -0.25) is 0 Å². The highest BCUT2D eigenvalue weighted by molar-refractivity contribution is 6.61. The summed E-state index contributed by atoms with van der Waals surface area (Å²) in [6.45, 7) is 18.8. The zero-order valence-electron chi connectivity index (χ0n) is 22.0. The topological polar surface area (TPSA) is 83.1 Å². The van der Waals surface area contributed by atoms with Gasteiger partial charge in [-0.15, -0.1) is 0 Å².